The van der Waals surface area contributed by atoms with Crippen molar-refractivity contribution in [3.63, 3.8) is 0 Å². The molecule has 0 saturated heterocycles. The number of ether oxygens (including phenoxy) is 3. The fourth-order valence-corrected chi connectivity index (χ4v) is 1.65. The molecule has 0 aliphatic heterocycles. The van der Waals surface area contributed by atoms with Crippen LogP contribution in [-0.4, -0.2) is 36.7 Å². The highest BCUT2D eigenvalue weighted by atomic mass is 35.5. The third kappa shape index (κ3) is 4.52. The second kappa shape index (κ2) is 7.53. The van der Waals surface area contributed by atoms with Crippen LogP contribution in [0.5, 0.6) is 5.88 Å². The minimum Gasteiger partial charge on any atom is -0.466 e. The SMILES string of the molecule is COC(=O)COC(=O)C(C)Oc1nc(Cl)c(Cl)c(N)c1Cl. The number of carbonyl (C=O) groups is 2. The van der Waals surface area contributed by atoms with Gasteiger partial charge >= 0.3 is 11.9 Å². The van der Waals surface area contributed by atoms with E-state index in [-0.39, 0.29) is 26.8 Å². The van der Waals surface area contributed by atoms with Gasteiger partial charge in [0, 0.05) is 0 Å². The van der Waals surface area contributed by atoms with Crippen molar-refractivity contribution in [1.82, 2.24) is 4.98 Å². The summed E-state index contributed by atoms with van der Waals surface area (Å²) < 4.78 is 14.2. The van der Waals surface area contributed by atoms with Crippen LogP contribution in [0.15, 0.2) is 0 Å². The fourth-order valence-electron chi connectivity index (χ4n) is 1.11. The van der Waals surface area contributed by atoms with Gasteiger partial charge in [-0.15, -0.1) is 0 Å². The highest BCUT2D eigenvalue weighted by Gasteiger charge is 2.22. The van der Waals surface area contributed by atoms with Crippen molar-refractivity contribution in [2.45, 2.75) is 13.0 Å². The molecule has 0 bridgehead atoms. The largest absolute Gasteiger partial charge is 0.466 e. The molecule has 1 rings (SSSR count). The first kappa shape index (κ1) is 17.6. The van der Waals surface area contributed by atoms with Gasteiger partial charge < -0.3 is 19.9 Å². The summed E-state index contributed by atoms with van der Waals surface area (Å²) in [5.41, 5.74) is 5.58. The average Bonchev–Trinajstić information content (AvgIpc) is 2.47. The zero-order chi connectivity index (χ0) is 16.2. The Morgan fingerprint density at radius 2 is 1.90 bits per heavy atom. The number of anilines is 1. The Hall–Kier alpha value is -1.44. The van der Waals surface area contributed by atoms with Gasteiger partial charge in [-0.2, -0.15) is 4.98 Å². The van der Waals surface area contributed by atoms with Crippen molar-refractivity contribution >= 4 is 52.4 Å². The van der Waals surface area contributed by atoms with Crippen LogP contribution in [0.2, 0.25) is 15.2 Å². The van der Waals surface area contributed by atoms with E-state index in [1.807, 2.05) is 0 Å². The Morgan fingerprint density at radius 3 is 2.48 bits per heavy atom. The Labute approximate surface area is 135 Å². The summed E-state index contributed by atoms with van der Waals surface area (Å²) in [6, 6.07) is 0. The summed E-state index contributed by atoms with van der Waals surface area (Å²) in [6.07, 6.45) is -1.10. The molecule has 0 aliphatic rings. The van der Waals surface area contributed by atoms with Gasteiger partial charge in [-0.05, 0) is 6.92 Å². The summed E-state index contributed by atoms with van der Waals surface area (Å²) in [7, 11) is 1.16. The van der Waals surface area contributed by atoms with Crippen molar-refractivity contribution in [2.75, 3.05) is 19.5 Å². The summed E-state index contributed by atoms with van der Waals surface area (Å²) in [5, 5.41) is -0.226. The molecule has 0 aromatic carbocycles. The smallest absolute Gasteiger partial charge is 0.347 e. The van der Waals surface area contributed by atoms with E-state index in [2.05, 4.69) is 14.5 Å². The lowest BCUT2D eigenvalue weighted by molar-refractivity contribution is -0.161. The van der Waals surface area contributed by atoms with Crippen molar-refractivity contribution in [3.05, 3.63) is 15.2 Å². The number of nitrogens with zero attached hydrogens (tertiary/aromatic N) is 1. The van der Waals surface area contributed by atoms with Gasteiger partial charge in [0.15, 0.2) is 17.9 Å². The maximum absolute atomic E-state index is 11.6. The normalized spacial score (nSPS) is 11.7. The minimum atomic E-state index is -1.10. The van der Waals surface area contributed by atoms with Crippen LogP contribution in [0, 0.1) is 0 Å². The van der Waals surface area contributed by atoms with E-state index in [0.717, 1.165) is 7.11 Å². The molecule has 1 aromatic heterocycles. The quantitative estimate of drug-likeness (QED) is 0.636. The molecule has 0 aliphatic carbocycles. The molecule has 2 N–H and O–H groups in total. The van der Waals surface area contributed by atoms with E-state index in [1.54, 1.807) is 0 Å². The molecule has 7 nitrogen and oxygen atoms in total. The summed E-state index contributed by atoms with van der Waals surface area (Å²) in [4.78, 5) is 26.2. The lowest BCUT2D eigenvalue weighted by atomic mass is 10.4. The number of nitrogen functional groups attached to an aromatic ring is 1. The van der Waals surface area contributed by atoms with Gasteiger partial charge in [0.2, 0.25) is 5.88 Å². The Morgan fingerprint density at radius 1 is 1.29 bits per heavy atom. The highest BCUT2D eigenvalue weighted by molar-refractivity contribution is 6.45. The summed E-state index contributed by atoms with van der Waals surface area (Å²) in [6.45, 7) is 0.837. The fraction of sp³-hybridized carbons (Fsp3) is 0.364. The van der Waals surface area contributed by atoms with Crippen LogP contribution < -0.4 is 10.5 Å². The Kier molecular flexibility index (Phi) is 6.32. The van der Waals surface area contributed by atoms with Gasteiger partial charge in [-0.25, -0.2) is 9.59 Å². The third-order valence-corrected chi connectivity index (χ3v) is 3.34. The van der Waals surface area contributed by atoms with Crippen molar-refractivity contribution in [3.8, 4) is 5.88 Å². The molecule has 1 unspecified atom stereocenters. The predicted octanol–water partition coefficient (Wildman–Crippen LogP) is 2.11. The van der Waals surface area contributed by atoms with Crippen LogP contribution >= 0.6 is 34.8 Å². The van der Waals surface area contributed by atoms with Crippen LogP contribution in [0.4, 0.5) is 5.69 Å². The second-order valence-electron chi connectivity index (χ2n) is 3.69. The number of rotatable bonds is 5. The zero-order valence-corrected chi connectivity index (χ0v) is 13.3. The van der Waals surface area contributed by atoms with Crippen LogP contribution in [0.3, 0.4) is 0 Å². The first-order valence-electron chi connectivity index (χ1n) is 5.48. The molecular formula is C11H11Cl3N2O5. The van der Waals surface area contributed by atoms with Gasteiger partial charge in [-0.1, -0.05) is 34.8 Å². The Balaban J connectivity index is 2.77. The molecule has 21 heavy (non-hydrogen) atoms. The number of pyridine rings is 1. The first-order valence-corrected chi connectivity index (χ1v) is 6.61. The number of carbonyl (C=O) groups excluding carboxylic acids is 2. The average molecular weight is 358 g/mol. The lowest BCUT2D eigenvalue weighted by Crippen LogP contribution is -2.28. The molecule has 0 saturated carbocycles. The molecule has 0 amide bonds. The molecule has 0 spiro atoms. The summed E-state index contributed by atoms with van der Waals surface area (Å²) >= 11 is 17.4. The lowest BCUT2D eigenvalue weighted by Gasteiger charge is -2.15. The van der Waals surface area contributed by atoms with E-state index in [1.165, 1.54) is 6.92 Å². The van der Waals surface area contributed by atoms with Crippen molar-refractivity contribution in [2.24, 2.45) is 0 Å². The van der Waals surface area contributed by atoms with Crippen molar-refractivity contribution in [1.29, 1.82) is 0 Å². The monoisotopic (exact) mass is 356 g/mol. The van der Waals surface area contributed by atoms with Gasteiger partial charge in [0.25, 0.3) is 0 Å². The number of hydrogen-bond acceptors (Lipinski definition) is 7. The number of nitrogens with two attached hydrogens (primary N) is 1. The van der Waals surface area contributed by atoms with E-state index < -0.39 is 24.6 Å². The minimum absolute atomic E-state index is 0.0186. The molecular weight excluding hydrogens is 346 g/mol. The zero-order valence-electron chi connectivity index (χ0n) is 11.0. The Bertz CT molecular complexity index is 567. The van der Waals surface area contributed by atoms with E-state index in [9.17, 15) is 9.59 Å². The molecule has 1 heterocycles. The van der Waals surface area contributed by atoms with E-state index in [0.29, 0.717) is 0 Å². The molecule has 1 aromatic rings. The summed E-state index contributed by atoms with van der Waals surface area (Å²) in [5.74, 6) is -1.69. The number of esters is 2. The van der Waals surface area contributed by atoms with Gasteiger partial charge in [0.1, 0.15) is 10.0 Å². The van der Waals surface area contributed by atoms with Crippen LogP contribution in [-0.2, 0) is 19.1 Å². The van der Waals surface area contributed by atoms with E-state index in [4.69, 9.17) is 45.3 Å². The number of hydrogen-bond donors (Lipinski definition) is 1. The number of aromatic nitrogens is 1. The van der Waals surface area contributed by atoms with E-state index >= 15 is 0 Å². The van der Waals surface area contributed by atoms with Crippen molar-refractivity contribution < 1.29 is 23.8 Å². The first-order chi connectivity index (χ1) is 9.77. The third-order valence-electron chi connectivity index (χ3n) is 2.22. The molecule has 0 fully saturated rings. The van der Waals surface area contributed by atoms with Gasteiger partial charge in [0.05, 0.1) is 12.8 Å². The van der Waals surface area contributed by atoms with Crippen LogP contribution in [0.1, 0.15) is 6.92 Å². The van der Waals surface area contributed by atoms with Gasteiger partial charge in [-0.3, -0.25) is 0 Å². The highest BCUT2D eigenvalue weighted by Crippen LogP contribution is 2.38. The molecule has 116 valence electrons. The molecule has 0 radical (unpaired) electrons. The maximum atomic E-state index is 11.6. The standard InChI is InChI=1S/C11H11Cl3N2O5/c1-4(11(18)20-3-5(17)19-2)21-10-7(13)8(15)6(12)9(14)16-10/h4H,3H2,1-2H3,(H2,15,16). The number of methoxy groups -OCH3 is 1. The number of halogens is 3. The topological polar surface area (TPSA) is 101 Å². The van der Waals surface area contributed by atoms with Crippen LogP contribution in [0.25, 0.3) is 0 Å². The molecule has 1 atom stereocenters. The second-order valence-corrected chi connectivity index (χ2v) is 4.81. The predicted molar refractivity (Wildman–Crippen MR) is 76.7 cm³/mol. The molecule has 10 heteroatoms. The maximum Gasteiger partial charge on any atom is 0.347 e.